The van der Waals surface area contributed by atoms with Crippen LogP contribution in [-0.4, -0.2) is 30.1 Å². The first-order chi connectivity index (χ1) is 8.54. The van der Waals surface area contributed by atoms with Gasteiger partial charge < -0.3 is 9.47 Å². The standard InChI is InChI=1S/C14H19NO3/c1-8-9(2)18-10(3)13(8)14(16)11-5-12(17-4)7-15-6-11/h5-10,13H,1-4H3. The van der Waals surface area contributed by atoms with Gasteiger partial charge in [0.05, 0.1) is 31.4 Å². The van der Waals surface area contributed by atoms with Gasteiger partial charge in [-0.15, -0.1) is 0 Å². The SMILES string of the molecule is COc1cncc(C(=O)C2C(C)OC(C)C2C)c1. The lowest BCUT2D eigenvalue weighted by Gasteiger charge is -2.17. The maximum atomic E-state index is 12.5. The van der Waals surface area contributed by atoms with Crippen molar-refractivity contribution in [2.75, 3.05) is 7.11 Å². The molecule has 0 spiro atoms. The minimum Gasteiger partial charge on any atom is -0.495 e. The number of pyridine rings is 1. The zero-order valence-corrected chi connectivity index (χ0v) is 11.2. The minimum absolute atomic E-state index is 0.0475. The fourth-order valence-corrected chi connectivity index (χ4v) is 2.58. The summed E-state index contributed by atoms with van der Waals surface area (Å²) < 4.78 is 10.8. The van der Waals surface area contributed by atoms with Crippen molar-refractivity contribution in [3.8, 4) is 5.75 Å². The van der Waals surface area contributed by atoms with Gasteiger partial charge in [-0.3, -0.25) is 9.78 Å². The van der Waals surface area contributed by atoms with Crippen molar-refractivity contribution >= 4 is 5.78 Å². The van der Waals surface area contributed by atoms with E-state index in [1.165, 1.54) is 0 Å². The van der Waals surface area contributed by atoms with E-state index >= 15 is 0 Å². The van der Waals surface area contributed by atoms with Crippen molar-refractivity contribution in [3.63, 3.8) is 0 Å². The highest BCUT2D eigenvalue weighted by Crippen LogP contribution is 2.34. The number of hydrogen-bond donors (Lipinski definition) is 0. The molecule has 4 nitrogen and oxygen atoms in total. The summed E-state index contributed by atoms with van der Waals surface area (Å²) in [6.45, 7) is 6.03. The van der Waals surface area contributed by atoms with Crippen LogP contribution in [0.3, 0.4) is 0 Å². The quantitative estimate of drug-likeness (QED) is 0.771. The third-order valence-electron chi connectivity index (χ3n) is 3.78. The number of hydrogen-bond acceptors (Lipinski definition) is 4. The highest BCUT2D eigenvalue weighted by atomic mass is 16.5. The van der Waals surface area contributed by atoms with E-state index < -0.39 is 0 Å². The first-order valence-electron chi connectivity index (χ1n) is 6.23. The summed E-state index contributed by atoms with van der Waals surface area (Å²) >= 11 is 0. The molecular formula is C14H19NO3. The number of ketones is 1. The Kier molecular flexibility index (Phi) is 3.66. The van der Waals surface area contributed by atoms with Crippen LogP contribution in [0.1, 0.15) is 31.1 Å². The molecule has 1 aromatic heterocycles. The van der Waals surface area contributed by atoms with Gasteiger partial charge in [-0.25, -0.2) is 0 Å². The number of aromatic nitrogens is 1. The molecule has 1 aliphatic heterocycles. The van der Waals surface area contributed by atoms with Crippen LogP contribution in [0.5, 0.6) is 5.75 Å². The monoisotopic (exact) mass is 249 g/mol. The lowest BCUT2D eigenvalue weighted by Crippen LogP contribution is -2.27. The highest BCUT2D eigenvalue weighted by molar-refractivity contribution is 5.98. The zero-order chi connectivity index (χ0) is 13.3. The summed E-state index contributed by atoms with van der Waals surface area (Å²) in [5.74, 6) is 0.812. The molecule has 2 rings (SSSR count). The van der Waals surface area contributed by atoms with Gasteiger partial charge in [-0.2, -0.15) is 0 Å². The Morgan fingerprint density at radius 3 is 2.56 bits per heavy atom. The summed E-state index contributed by atoms with van der Waals surface area (Å²) in [4.78, 5) is 16.5. The van der Waals surface area contributed by atoms with Crippen molar-refractivity contribution in [2.45, 2.75) is 33.0 Å². The first-order valence-corrected chi connectivity index (χ1v) is 6.23. The molecule has 0 saturated carbocycles. The number of carbonyl (C=O) groups is 1. The van der Waals surface area contributed by atoms with E-state index in [2.05, 4.69) is 11.9 Å². The number of methoxy groups -OCH3 is 1. The largest absolute Gasteiger partial charge is 0.495 e. The van der Waals surface area contributed by atoms with E-state index in [9.17, 15) is 4.79 Å². The van der Waals surface area contributed by atoms with Crippen LogP contribution >= 0.6 is 0 Å². The summed E-state index contributed by atoms with van der Waals surface area (Å²) in [6, 6.07) is 1.73. The Hall–Kier alpha value is -1.42. The van der Waals surface area contributed by atoms with Gasteiger partial charge in [-0.1, -0.05) is 6.92 Å². The molecular weight excluding hydrogens is 230 g/mol. The Morgan fingerprint density at radius 2 is 2.00 bits per heavy atom. The molecule has 1 fully saturated rings. The van der Waals surface area contributed by atoms with Crippen molar-refractivity contribution in [1.29, 1.82) is 0 Å². The zero-order valence-electron chi connectivity index (χ0n) is 11.2. The molecule has 4 heteroatoms. The molecule has 0 radical (unpaired) electrons. The maximum absolute atomic E-state index is 12.5. The normalized spacial score (nSPS) is 31.3. The predicted octanol–water partition coefficient (Wildman–Crippen LogP) is 2.33. The molecule has 0 N–H and O–H groups in total. The molecule has 1 saturated heterocycles. The van der Waals surface area contributed by atoms with E-state index in [-0.39, 0.29) is 29.8 Å². The van der Waals surface area contributed by atoms with E-state index in [0.717, 1.165) is 0 Å². The topological polar surface area (TPSA) is 48.4 Å². The lowest BCUT2D eigenvalue weighted by atomic mass is 9.84. The predicted molar refractivity (Wildman–Crippen MR) is 67.8 cm³/mol. The van der Waals surface area contributed by atoms with Gasteiger partial charge in [-0.05, 0) is 25.8 Å². The molecule has 4 atom stereocenters. The molecule has 0 bridgehead atoms. The number of ether oxygens (including phenoxy) is 2. The average Bonchev–Trinajstić information content (AvgIpc) is 2.62. The van der Waals surface area contributed by atoms with Gasteiger partial charge >= 0.3 is 0 Å². The van der Waals surface area contributed by atoms with Gasteiger partial charge in [0, 0.05) is 11.8 Å². The number of rotatable bonds is 3. The third-order valence-corrected chi connectivity index (χ3v) is 3.78. The molecule has 0 amide bonds. The van der Waals surface area contributed by atoms with Crippen molar-refractivity contribution in [3.05, 3.63) is 24.0 Å². The van der Waals surface area contributed by atoms with Crippen LogP contribution in [0, 0.1) is 11.8 Å². The van der Waals surface area contributed by atoms with Gasteiger partial charge in [0.15, 0.2) is 5.78 Å². The van der Waals surface area contributed by atoms with Crippen LogP contribution in [-0.2, 0) is 4.74 Å². The second-order valence-electron chi connectivity index (χ2n) is 4.91. The first kappa shape index (κ1) is 13.0. The maximum Gasteiger partial charge on any atom is 0.170 e. The van der Waals surface area contributed by atoms with Crippen LogP contribution < -0.4 is 4.74 Å². The summed E-state index contributed by atoms with van der Waals surface area (Å²) in [6.07, 6.45) is 3.26. The second kappa shape index (κ2) is 5.06. The van der Waals surface area contributed by atoms with E-state index in [0.29, 0.717) is 11.3 Å². The van der Waals surface area contributed by atoms with Crippen LogP contribution in [0.25, 0.3) is 0 Å². The highest BCUT2D eigenvalue weighted by Gasteiger charge is 2.41. The molecule has 98 valence electrons. The molecule has 2 heterocycles. The summed E-state index contributed by atoms with van der Waals surface area (Å²) in [5, 5.41) is 0. The third kappa shape index (κ3) is 2.25. The van der Waals surface area contributed by atoms with Crippen molar-refractivity contribution in [2.24, 2.45) is 11.8 Å². The number of Topliss-reactive ketones (excluding diaryl/α,β-unsaturated/α-hetero) is 1. The number of nitrogens with zero attached hydrogens (tertiary/aromatic N) is 1. The molecule has 1 aromatic rings. The summed E-state index contributed by atoms with van der Waals surface area (Å²) in [7, 11) is 1.57. The average molecular weight is 249 g/mol. The Labute approximate surface area is 107 Å². The number of carbonyl (C=O) groups excluding carboxylic acids is 1. The van der Waals surface area contributed by atoms with Crippen LogP contribution in [0.2, 0.25) is 0 Å². The second-order valence-corrected chi connectivity index (χ2v) is 4.91. The minimum atomic E-state index is -0.103. The Morgan fingerprint density at radius 1 is 1.28 bits per heavy atom. The molecule has 0 aromatic carbocycles. The molecule has 0 aliphatic carbocycles. The Balaban J connectivity index is 2.25. The van der Waals surface area contributed by atoms with Crippen molar-refractivity contribution in [1.82, 2.24) is 4.98 Å². The van der Waals surface area contributed by atoms with E-state index in [1.807, 2.05) is 13.8 Å². The summed E-state index contributed by atoms with van der Waals surface area (Å²) in [5.41, 5.74) is 0.593. The molecule has 18 heavy (non-hydrogen) atoms. The van der Waals surface area contributed by atoms with Crippen LogP contribution in [0.4, 0.5) is 0 Å². The molecule has 1 aliphatic rings. The smallest absolute Gasteiger partial charge is 0.170 e. The van der Waals surface area contributed by atoms with Crippen LogP contribution in [0.15, 0.2) is 18.5 Å². The van der Waals surface area contributed by atoms with E-state index in [4.69, 9.17) is 9.47 Å². The van der Waals surface area contributed by atoms with Gasteiger partial charge in [0.2, 0.25) is 0 Å². The fraction of sp³-hybridized carbons (Fsp3) is 0.571. The lowest BCUT2D eigenvalue weighted by molar-refractivity contribution is 0.0491. The Bertz CT molecular complexity index is 446. The van der Waals surface area contributed by atoms with Gasteiger partial charge in [0.1, 0.15) is 5.75 Å². The fourth-order valence-electron chi connectivity index (χ4n) is 2.58. The molecule has 4 unspecified atom stereocenters. The van der Waals surface area contributed by atoms with Crippen molar-refractivity contribution < 1.29 is 14.3 Å². The van der Waals surface area contributed by atoms with E-state index in [1.54, 1.807) is 25.6 Å². The van der Waals surface area contributed by atoms with Gasteiger partial charge in [0.25, 0.3) is 0 Å².